The Hall–Kier alpha value is -2.05. The number of carbonyl (C=O) groups excluding carboxylic acids is 1. The SMILES string of the molecule is CC(C)c1ccc(CN(C(=O)COc2ccccc2Cl)[C@H]2CCS(=O)(=O)C2)cc1. The highest BCUT2D eigenvalue weighted by Gasteiger charge is 2.34. The maximum Gasteiger partial charge on any atom is 0.261 e. The standard InChI is InChI=1S/C22H26ClNO4S/c1-16(2)18-9-7-17(8-10-18)13-24(19-11-12-29(26,27)15-19)22(25)14-28-21-6-4-3-5-20(21)23/h3-10,16,19H,11-15H2,1-2H3/t19-/m0/s1. The van der Waals surface area contributed by atoms with E-state index in [-0.39, 0.29) is 30.1 Å². The van der Waals surface area contributed by atoms with E-state index in [1.54, 1.807) is 29.2 Å². The molecule has 0 bridgehead atoms. The van der Waals surface area contributed by atoms with Crippen LogP contribution in [0.2, 0.25) is 5.02 Å². The normalized spacial score (nSPS) is 18.0. The van der Waals surface area contributed by atoms with E-state index >= 15 is 0 Å². The number of carbonyl (C=O) groups is 1. The molecule has 0 spiro atoms. The summed E-state index contributed by atoms with van der Waals surface area (Å²) in [5.41, 5.74) is 2.18. The summed E-state index contributed by atoms with van der Waals surface area (Å²) in [4.78, 5) is 14.6. The fraction of sp³-hybridized carbons (Fsp3) is 0.409. The molecular formula is C22H26ClNO4S. The molecule has 2 aromatic carbocycles. The number of amides is 1. The lowest BCUT2D eigenvalue weighted by Crippen LogP contribution is -2.43. The minimum Gasteiger partial charge on any atom is -0.482 e. The molecule has 1 aliphatic rings. The average Bonchev–Trinajstić information content (AvgIpc) is 3.05. The summed E-state index contributed by atoms with van der Waals surface area (Å²) in [5, 5.41) is 0.430. The minimum absolute atomic E-state index is 0.00505. The molecule has 0 N–H and O–H groups in total. The third kappa shape index (κ3) is 5.73. The predicted molar refractivity (Wildman–Crippen MR) is 115 cm³/mol. The van der Waals surface area contributed by atoms with Gasteiger partial charge in [0.05, 0.1) is 16.5 Å². The largest absolute Gasteiger partial charge is 0.482 e. The van der Waals surface area contributed by atoms with Crippen LogP contribution in [0.5, 0.6) is 5.75 Å². The summed E-state index contributed by atoms with van der Waals surface area (Å²) in [6.45, 7) is 4.41. The highest BCUT2D eigenvalue weighted by molar-refractivity contribution is 7.91. The topological polar surface area (TPSA) is 63.7 Å². The number of benzene rings is 2. The second kappa shape index (κ2) is 9.18. The first-order valence-corrected chi connectivity index (χ1v) is 11.9. The average molecular weight is 436 g/mol. The molecule has 1 aliphatic heterocycles. The zero-order valence-corrected chi connectivity index (χ0v) is 18.2. The lowest BCUT2D eigenvalue weighted by Gasteiger charge is -2.28. The van der Waals surface area contributed by atoms with Gasteiger partial charge in [-0.15, -0.1) is 0 Å². The van der Waals surface area contributed by atoms with Crippen LogP contribution < -0.4 is 4.74 Å². The Bertz CT molecular complexity index is 957. The molecule has 7 heteroatoms. The van der Waals surface area contributed by atoms with Gasteiger partial charge in [0.25, 0.3) is 5.91 Å². The van der Waals surface area contributed by atoms with Gasteiger partial charge in [-0.25, -0.2) is 8.42 Å². The van der Waals surface area contributed by atoms with Gasteiger partial charge in [0, 0.05) is 12.6 Å². The van der Waals surface area contributed by atoms with Gasteiger partial charge in [-0.05, 0) is 35.6 Å². The number of rotatable bonds is 7. The Morgan fingerprint density at radius 3 is 2.45 bits per heavy atom. The van der Waals surface area contributed by atoms with Crippen LogP contribution in [0, 0.1) is 0 Å². The minimum atomic E-state index is -3.11. The molecular weight excluding hydrogens is 410 g/mol. The van der Waals surface area contributed by atoms with Gasteiger partial charge in [-0.3, -0.25) is 4.79 Å². The van der Waals surface area contributed by atoms with Crippen molar-refractivity contribution in [1.29, 1.82) is 0 Å². The molecule has 0 aliphatic carbocycles. The Kier molecular flexibility index (Phi) is 6.85. The van der Waals surface area contributed by atoms with Crippen LogP contribution in [0.25, 0.3) is 0 Å². The molecule has 156 valence electrons. The third-order valence-corrected chi connectivity index (χ3v) is 7.22. The number of hydrogen-bond donors (Lipinski definition) is 0. The summed E-state index contributed by atoms with van der Waals surface area (Å²) in [6.07, 6.45) is 0.449. The van der Waals surface area contributed by atoms with E-state index in [0.717, 1.165) is 5.56 Å². The molecule has 3 rings (SSSR count). The van der Waals surface area contributed by atoms with Crippen molar-refractivity contribution in [2.75, 3.05) is 18.1 Å². The first-order valence-electron chi connectivity index (χ1n) is 9.71. The molecule has 5 nitrogen and oxygen atoms in total. The van der Waals surface area contributed by atoms with E-state index in [2.05, 4.69) is 13.8 Å². The Morgan fingerprint density at radius 2 is 1.86 bits per heavy atom. The molecule has 1 heterocycles. The zero-order valence-electron chi connectivity index (χ0n) is 16.7. The number of nitrogens with zero attached hydrogens (tertiary/aromatic N) is 1. The van der Waals surface area contributed by atoms with Gasteiger partial charge in [0.15, 0.2) is 16.4 Å². The molecule has 0 radical (unpaired) electrons. The van der Waals surface area contributed by atoms with E-state index in [1.807, 2.05) is 24.3 Å². The molecule has 1 fully saturated rings. The monoisotopic (exact) mass is 435 g/mol. The van der Waals surface area contributed by atoms with Gasteiger partial charge in [0.2, 0.25) is 0 Å². The number of para-hydroxylation sites is 1. The van der Waals surface area contributed by atoms with Crippen molar-refractivity contribution in [1.82, 2.24) is 4.90 Å². The smallest absolute Gasteiger partial charge is 0.261 e. The van der Waals surface area contributed by atoms with Crippen molar-refractivity contribution in [3.05, 3.63) is 64.7 Å². The second-order valence-corrected chi connectivity index (χ2v) is 10.3. The number of halogens is 1. The highest BCUT2D eigenvalue weighted by Crippen LogP contribution is 2.25. The molecule has 0 saturated carbocycles. The van der Waals surface area contributed by atoms with Crippen molar-refractivity contribution in [3.63, 3.8) is 0 Å². The Labute approximate surface area is 177 Å². The van der Waals surface area contributed by atoms with Crippen molar-refractivity contribution in [3.8, 4) is 5.75 Å². The molecule has 1 atom stereocenters. The van der Waals surface area contributed by atoms with E-state index in [9.17, 15) is 13.2 Å². The summed E-state index contributed by atoms with van der Waals surface area (Å²) in [6, 6.07) is 14.7. The first kappa shape index (κ1) is 21.7. The maximum absolute atomic E-state index is 13.0. The Balaban J connectivity index is 1.75. The number of hydrogen-bond acceptors (Lipinski definition) is 4. The molecule has 1 saturated heterocycles. The van der Waals surface area contributed by atoms with Gasteiger partial charge >= 0.3 is 0 Å². The van der Waals surface area contributed by atoms with Gasteiger partial charge in [0.1, 0.15) is 5.75 Å². The van der Waals surface area contributed by atoms with Crippen LogP contribution in [0.1, 0.15) is 37.3 Å². The molecule has 0 aromatic heterocycles. The third-order valence-electron chi connectivity index (χ3n) is 5.16. The van der Waals surface area contributed by atoms with Crippen molar-refractivity contribution >= 4 is 27.3 Å². The lowest BCUT2D eigenvalue weighted by atomic mass is 10.0. The van der Waals surface area contributed by atoms with Crippen molar-refractivity contribution < 1.29 is 17.9 Å². The van der Waals surface area contributed by atoms with Crippen LogP contribution in [-0.4, -0.2) is 43.4 Å². The zero-order chi connectivity index (χ0) is 21.0. The maximum atomic E-state index is 13.0. The second-order valence-electron chi connectivity index (χ2n) is 7.69. The highest BCUT2D eigenvalue weighted by atomic mass is 35.5. The summed E-state index contributed by atoms with van der Waals surface area (Å²) >= 11 is 6.09. The van der Waals surface area contributed by atoms with Gasteiger partial charge in [-0.2, -0.15) is 0 Å². The molecule has 1 amide bonds. The van der Waals surface area contributed by atoms with E-state index < -0.39 is 9.84 Å². The van der Waals surface area contributed by atoms with Crippen LogP contribution in [-0.2, 0) is 21.2 Å². The van der Waals surface area contributed by atoms with Gasteiger partial charge < -0.3 is 9.64 Å². The van der Waals surface area contributed by atoms with Crippen molar-refractivity contribution in [2.24, 2.45) is 0 Å². The Morgan fingerprint density at radius 1 is 1.17 bits per heavy atom. The fourth-order valence-corrected chi connectivity index (χ4v) is 5.35. The van der Waals surface area contributed by atoms with Crippen molar-refractivity contribution in [2.45, 2.75) is 38.8 Å². The van der Waals surface area contributed by atoms with Crippen LogP contribution >= 0.6 is 11.6 Å². The van der Waals surface area contributed by atoms with Crippen LogP contribution in [0.4, 0.5) is 0 Å². The van der Waals surface area contributed by atoms with Gasteiger partial charge in [-0.1, -0.05) is 61.8 Å². The van der Waals surface area contributed by atoms with Crippen LogP contribution in [0.15, 0.2) is 48.5 Å². The predicted octanol–water partition coefficient (Wildman–Crippen LogP) is 4.06. The van der Waals surface area contributed by atoms with E-state index in [0.29, 0.717) is 29.7 Å². The molecule has 2 aromatic rings. The summed E-state index contributed by atoms with van der Waals surface area (Å²) < 4.78 is 29.6. The number of ether oxygens (including phenoxy) is 1. The molecule has 0 unspecified atom stereocenters. The van der Waals surface area contributed by atoms with E-state index in [1.165, 1.54) is 5.56 Å². The fourth-order valence-electron chi connectivity index (χ4n) is 3.43. The lowest BCUT2D eigenvalue weighted by molar-refractivity contribution is -0.136. The van der Waals surface area contributed by atoms with E-state index in [4.69, 9.17) is 16.3 Å². The number of sulfone groups is 1. The first-order chi connectivity index (χ1) is 13.7. The summed E-state index contributed by atoms with van der Waals surface area (Å²) in [5.74, 6) is 0.710. The summed E-state index contributed by atoms with van der Waals surface area (Å²) in [7, 11) is -3.11. The quantitative estimate of drug-likeness (QED) is 0.657. The van der Waals surface area contributed by atoms with Crippen LogP contribution in [0.3, 0.4) is 0 Å². The molecule has 29 heavy (non-hydrogen) atoms.